The zero-order chi connectivity index (χ0) is 17.8. The summed E-state index contributed by atoms with van der Waals surface area (Å²) in [6.45, 7) is 4.21. The van der Waals surface area contributed by atoms with Gasteiger partial charge in [-0.25, -0.2) is 4.68 Å². The largest absolute Gasteiger partial charge is 0.309 e. The molecule has 1 aliphatic heterocycles. The molecule has 6 nitrogen and oxygen atoms in total. The quantitative estimate of drug-likeness (QED) is 0.760. The van der Waals surface area contributed by atoms with Crippen LogP contribution in [-0.2, 0) is 4.79 Å². The number of aryl methyl sites for hydroxylation is 2. The smallest absolute Gasteiger partial charge is 0.226 e. The second kappa shape index (κ2) is 5.56. The summed E-state index contributed by atoms with van der Waals surface area (Å²) < 4.78 is 1.91. The van der Waals surface area contributed by atoms with Gasteiger partial charge in [-0.1, -0.05) is 17.7 Å². The average molecular weight is 347 g/mol. The lowest BCUT2D eigenvalue weighted by Gasteiger charge is -2.26. The number of hydrogen-bond donors (Lipinski definition) is 2. The normalized spacial score (nSPS) is 19.3. The SMILES string of the molecule is Cc1cc(C)c(-n2cccn2)c([C@@H]2CC(=O)Nc3n[nH]c(C4CC4)c32)c1. The highest BCUT2D eigenvalue weighted by Gasteiger charge is 2.38. The summed E-state index contributed by atoms with van der Waals surface area (Å²) in [5.41, 5.74) is 6.91. The Balaban J connectivity index is 1.74. The minimum atomic E-state index is -0.00843. The molecule has 132 valence electrons. The van der Waals surface area contributed by atoms with Gasteiger partial charge < -0.3 is 5.32 Å². The van der Waals surface area contributed by atoms with Crippen LogP contribution in [0.4, 0.5) is 5.82 Å². The number of nitrogens with zero attached hydrogens (tertiary/aromatic N) is 3. The van der Waals surface area contributed by atoms with Crippen LogP contribution >= 0.6 is 0 Å². The van der Waals surface area contributed by atoms with Crippen LogP contribution in [0.5, 0.6) is 0 Å². The topological polar surface area (TPSA) is 75.6 Å². The number of aromatic nitrogens is 4. The molecule has 0 radical (unpaired) electrons. The van der Waals surface area contributed by atoms with Crippen molar-refractivity contribution in [3.05, 3.63) is 58.5 Å². The molecule has 2 aromatic heterocycles. The third-order valence-electron chi connectivity index (χ3n) is 5.40. The molecular weight excluding hydrogens is 326 g/mol. The summed E-state index contributed by atoms with van der Waals surface area (Å²) in [4.78, 5) is 12.4. The van der Waals surface area contributed by atoms with Gasteiger partial charge in [0.2, 0.25) is 5.91 Å². The van der Waals surface area contributed by atoms with Gasteiger partial charge in [-0.2, -0.15) is 10.2 Å². The van der Waals surface area contributed by atoms with Gasteiger partial charge in [0, 0.05) is 41.9 Å². The van der Waals surface area contributed by atoms with Gasteiger partial charge in [0.1, 0.15) is 0 Å². The predicted octanol–water partition coefficient (Wildman–Crippen LogP) is 3.56. The van der Waals surface area contributed by atoms with Crippen LogP contribution in [0.15, 0.2) is 30.6 Å². The van der Waals surface area contributed by atoms with E-state index in [-0.39, 0.29) is 11.8 Å². The molecule has 1 fully saturated rings. The van der Waals surface area contributed by atoms with E-state index in [0.29, 0.717) is 18.2 Å². The van der Waals surface area contributed by atoms with Crippen LogP contribution in [0.3, 0.4) is 0 Å². The molecule has 1 aromatic carbocycles. The molecule has 2 N–H and O–H groups in total. The Labute approximate surface area is 151 Å². The Morgan fingerprint density at radius 1 is 1.23 bits per heavy atom. The summed E-state index contributed by atoms with van der Waals surface area (Å²) in [5, 5.41) is 15.0. The first-order chi connectivity index (χ1) is 12.6. The van der Waals surface area contributed by atoms with Gasteiger partial charge in [0.15, 0.2) is 5.82 Å². The van der Waals surface area contributed by atoms with Gasteiger partial charge in [-0.05, 0) is 43.9 Å². The Bertz CT molecular complexity index is 998. The second-order valence-corrected chi connectivity index (χ2v) is 7.45. The molecule has 3 aromatic rings. The fourth-order valence-corrected chi connectivity index (χ4v) is 4.20. The van der Waals surface area contributed by atoms with Gasteiger partial charge in [-0.15, -0.1) is 0 Å². The van der Waals surface area contributed by atoms with Crippen molar-refractivity contribution in [1.82, 2.24) is 20.0 Å². The molecule has 0 bridgehead atoms. The fourth-order valence-electron chi connectivity index (χ4n) is 4.20. The Kier molecular flexibility index (Phi) is 3.29. The van der Waals surface area contributed by atoms with E-state index >= 15 is 0 Å². The molecule has 0 saturated heterocycles. The fraction of sp³-hybridized carbons (Fsp3) is 0.350. The highest BCUT2D eigenvalue weighted by molar-refractivity contribution is 5.94. The number of H-pyrrole nitrogens is 1. The first kappa shape index (κ1) is 15.4. The lowest BCUT2D eigenvalue weighted by atomic mass is 9.82. The van der Waals surface area contributed by atoms with Gasteiger partial charge >= 0.3 is 0 Å². The van der Waals surface area contributed by atoms with Crippen LogP contribution in [-0.4, -0.2) is 25.9 Å². The number of fused-ring (bicyclic) bond motifs is 1. The van der Waals surface area contributed by atoms with Crippen molar-refractivity contribution in [2.24, 2.45) is 0 Å². The summed E-state index contributed by atoms with van der Waals surface area (Å²) in [5.74, 6) is 1.24. The number of amides is 1. The van der Waals surface area contributed by atoms with Crippen LogP contribution in [0.2, 0.25) is 0 Å². The highest BCUT2D eigenvalue weighted by Crippen LogP contribution is 2.48. The lowest BCUT2D eigenvalue weighted by Crippen LogP contribution is -2.25. The van der Waals surface area contributed by atoms with Gasteiger partial charge in [0.05, 0.1) is 5.69 Å². The van der Waals surface area contributed by atoms with Crippen LogP contribution in [0.1, 0.15) is 59.0 Å². The predicted molar refractivity (Wildman–Crippen MR) is 98.7 cm³/mol. The Hall–Kier alpha value is -2.89. The minimum absolute atomic E-state index is 0.00843. The zero-order valence-electron chi connectivity index (χ0n) is 14.9. The molecule has 0 spiro atoms. The monoisotopic (exact) mass is 347 g/mol. The van der Waals surface area contributed by atoms with Crippen LogP contribution in [0, 0.1) is 13.8 Å². The minimum Gasteiger partial charge on any atom is -0.309 e. The first-order valence-electron chi connectivity index (χ1n) is 9.11. The van der Waals surface area contributed by atoms with Crippen molar-refractivity contribution >= 4 is 11.7 Å². The third-order valence-corrected chi connectivity index (χ3v) is 5.40. The molecule has 6 heteroatoms. The third kappa shape index (κ3) is 2.36. The molecule has 5 rings (SSSR count). The van der Waals surface area contributed by atoms with Crippen molar-refractivity contribution < 1.29 is 4.79 Å². The first-order valence-corrected chi connectivity index (χ1v) is 9.11. The second-order valence-electron chi connectivity index (χ2n) is 7.45. The number of carbonyl (C=O) groups excluding carboxylic acids is 1. The standard InChI is InChI=1S/C20H21N5O/c1-11-8-12(2)19(25-7-3-6-21-25)15(9-11)14-10-16(26)22-20-17(14)18(23-24-20)13-4-5-13/h3,6-9,13-14H,4-5,10H2,1-2H3,(H2,22,23,24,26)/t14-/m0/s1. The van der Waals surface area contributed by atoms with E-state index in [4.69, 9.17) is 0 Å². The van der Waals surface area contributed by atoms with Crippen molar-refractivity contribution in [2.45, 2.75) is 44.9 Å². The van der Waals surface area contributed by atoms with Crippen molar-refractivity contribution in [3.63, 3.8) is 0 Å². The van der Waals surface area contributed by atoms with Gasteiger partial charge in [-0.3, -0.25) is 9.89 Å². The van der Waals surface area contributed by atoms with E-state index in [1.807, 2.05) is 16.9 Å². The molecule has 2 aliphatic rings. The maximum absolute atomic E-state index is 12.4. The molecule has 0 unspecified atom stereocenters. The number of carbonyl (C=O) groups is 1. The average Bonchev–Trinajstić information content (AvgIpc) is 3.13. The molecule has 3 heterocycles. The number of aromatic amines is 1. The van der Waals surface area contributed by atoms with Gasteiger partial charge in [0.25, 0.3) is 0 Å². The van der Waals surface area contributed by atoms with Crippen molar-refractivity contribution in [2.75, 3.05) is 5.32 Å². The summed E-state index contributed by atoms with van der Waals surface area (Å²) in [6.07, 6.45) is 6.56. The van der Waals surface area contributed by atoms with E-state index in [0.717, 1.165) is 22.4 Å². The van der Waals surface area contributed by atoms with E-state index in [2.05, 4.69) is 46.6 Å². The molecule has 1 saturated carbocycles. The molecule has 1 atom stereocenters. The van der Waals surface area contributed by atoms with E-state index in [1.54, 1.807) is 6.20 Å². The number of rotatable bonds is 3. The summed E-state index contributed by atoms with van der Waals surface area (Å²) in [6, 6.07) is 6.29. The lowest BCUT2D eigenvalue weighted by molar-refractivity contribution is -0.116. The number of anilines is 1. The Morgan fingerprint density at radius 2 is 2.08 bits per heavy atom. The van der Waals surface area contributed by atoms with E-state index in [9.17, 15) is 4.79 Å². The van der Waals surface area contributed by atoms with Crippen LogP contribution < -0.4 is 5.32 Å². The highest BCUT2D eigenvalue weighted by atomic mass is 16.1. The van der Waals surface area contributed by atoms with Crippen molar-refractivity contribution in [1.29, 1.82) is 0 Å². The number of benzene rings is 1. The van der Waals surface area contributed by atoms with E-state index in [1.165, 1.54) is 24.1 Å². The Morgan fingerprint density at radius 3 is 2.81 bits per heavy atom. The summed E-state index contributed by atoms with van der Waals surface area (Å²) in [7, 11) is 0. The van der Waals surface area contributed by atoms with E-state index < -0.39 is 0 Å². The summed E-state index contributed by atoms with van der Waals surface area (Å²) >= 11 is 0. The maximum Gasteiger partial charge on any atom is 0.226 e. The molecule has 1 amide bonds. The number of nitrogens with one attached hydrogen (secondary N) is 2. The maximum atomic E-state index is 12.4. The van der Waals surface area contributed by atoms with Crippen LogP contribution in [0.25, 0.3) is 5.69 Å². The molecule has 26 heavy (non-hydrogen) atoms. The van der Waals surface area contributed by atoms with Crippen molar-refractivity contribution in [3.8, 4) is 5.69 Å². The number of hydrogen-bond acceptors (Lipinski definition) is 3. The zero-order valence-corrected chi connectivity index (χ0v) is 14.9. The molecule has 1 aliphatic carbocycles. The molecular formula is C20H21N5O.